The van der Waals surface area contributed by atoms with Gasteiger partial charge in [-0.1, -0.05) is 18.1 Å². The molecule has 0 unspecified atom stereocenters. The van der Waals surface area contributed by atoms with Crippen molar-refractivity contribution in [2.24, 2.45) is 5.14 Å². The lowest BCUT2D eigenvalue weighted by atomic mass is 10.2. The first-order valence-corrected chi connectivity index (χ1v) is 11.2. The maximum absolute atomic E-state index is 14.3. The Morgan fingerprint density at radius 1 is 1.12 bits per heavy atom. The summed E-state index contributed by atoms with van der Waals surface area (Å²) in [6.45, 7) is 0.463. The van der Waals surface area contributed by atoms with Crippen molar-refractivity contribution >= 4 is 44.1 Å². The molecule has 0 aliphatic carbocycles. The largest absolute Gasteiger partial charge is 0.338 e. The van der Waals surface area contributed by atoms with Crippen LogP contribution in [-0.2, 0) is 22.3 Å². The van der Waals surface area contributed by atoms with Gasteiger partial charge in [0, 0.05) is 28.5 Å². The molecule has 8 nitrogen and oxygen atoms in total. The predicted molar refractivity (Wildman–Crippen MR) is 123 cm³/mol. The first kappa shape index (κ1) is 21.3. The molecule has 0 amide bonds. The Labute approximate surface area is 184 Å². The molecule has 0 aliphatic heterocycles. The van der Waals surface area contributed by atoms with E-state index in [1.807, 2.05) is 29.0 Å². The second-order valence-corrected chi connectivity index (χ2v) is 8.68. The molecule has 0 radical (unpaired) electrons. The molecule has 0 saturated carbocycles. The summed E-state index contributed by atoms with van der Waals surface area (Å²) in [7, 11) is -3.66. The number of hydrogen-bond donors (Lipinski definition) is 3. The Balaban J connectivity index is 1.55. The number of nitrogens with two attached hydrogens (primary N) is 1. The van der Waals surface area contributed by atoms with Crippen LogP contribution in [0.3, 0.4) is 0 Å². The van der Waals surface area contributed by atoms with Crippen LogP contribution in [0.5, 0.6) is 0 Å². The molecule has 0 spiro atoms. The Kier molecular flexibility index (Phi) is 5.77. The number of benzene rings is 2. The maximum atomic E-state index is 14.3. The predicted octanol–water partition coefficient (Wildman–Crippen LogP) is 3.48. The molecule has 0 saturated heterocycles. The third-order valence-electron chi connectivity index (χ3n) is 4.59. The number of fused-ring (bicyclic) bond motifs is 1. The van der Waals surface area contributed by atoms with E-state index in [0.717, 1.165) is 17.1 Å². The molecule has 2 heterocycles. The average Bonchev–Trinajstić information content (AvgIpc) is 3.12. The molecule has 0 aliphatic rings. The van der Waals surface area contributed by atoms with E-state index in [-0.39, 0.29) is 17.5 Å². The zero-order valence-corrected chi connectivity index (χ0v) is 17.6. The summed E-state index contributed by atoms with van der Waals surface area (Å²) < 4.78 is 38.9. The molecule has 0 fully saturated rings. The van der Waals surface area contributed by atoms with Gasteiger partial charge in [0.25, 0.3) is 0 Å². The van der Waals surface area contributed by atoms with Crippen LogP contribution in [0.1, 0.15) is 5.56 Å². The third-order valence-corrected chi connectivity index (χ3v) is 5.33. The van der Waals surface area contributed by atoms with E-state index < -0.39 is 15.8 Å². The number of terminal acetylenes is 1. The highest BCUT2D eigenvalue weighted by Crippen LogP contribution is 2.25. The van der Waals surface area contributed by atoms with Crippen LogP contribution in [-0.4, -0.2) is 23.0 Å². The van der Waals surface area contributed by atoms with Crippen molar-refractivity contribution in [2.75, 3.05) is 10.6 Å². The first-order valence-electron chi connectivity index (χ1n) is 9.49. The van der Waals surface area contributed by atoms with Gasteiger partial charge in [0.2, 0.25) is 16.0 Å². The van der Waals surface area contributed by atoms with Crippen LogP contribution in [0.2, 0.25) is 0 Å². The fourth-order valence-corrected chi connectivity index (χ4v) is 3.91. The van der Waals surface area contributed by atoms with Crippen molar-refractivity contribution in [3.8, 4) is 12.3 Å². The Bertz CT molecular complexity index is 1440. The first-order chi connectivity index (χ1) is 15.3. The Hall–Kier alpha value is -3.94. The number of anilines is 4. The van der Waals surface area contributed by atoms with E-state index >= 15 is 0 Å². The molecule has 162 valence electrons. The standard InChI is InChI=1S/C22H19FN6O2S/c1-2-9-29-10-8-16-12-18(6-7-20(16)29)26-21-19(23)13-25-22(28-21)27-17-5-3-4-15(11-17)14-32(24,30)31/h1,3-8,10-13H,9,14H2,(H2,24,30,31)(H2,25,26,27,28). The van der Waals surface area contributed by atoms with E-state index in [0.29, 0.717) is 23.5 Å². The van der Waals surface area contributed by atoms with Crippen molar-refractivity contribution in [1.29, 1.82) is 0 Å². The second-order valence-electron chi connectivity index (χ2n) is 7.07. The number of nitrogens with one attached hydrogen (secondary N) is 2. The number of halogens is 1. The Morgan fingerprint density at radius 2 is 1.94 bits per heavy atom. The molecule has 2 aromatic heterocycles. The minimum Gasteiger partial charge on any atom is -0.338 e. The van der Waals surface area contributed by atoms with Crippen molar-refractivity contribution in [1.82, 2.24) is 14.5 Å². The summed E-state index contributed by atoms with van der Waals surface area (Å²) in [6.07, 6.45) is 8.33. The smallest absolute Gasteiger partial charge is 0.229 e. The zero-order chi connectivity index (χ0) is 22.7. The normalized spacial score (nSPS) is 11.3. The molecule has 0 bridgehead atoms. The van der Waals surface area contributed by atoms with E-state index in [4.69, 9.17) is 11.6 Å². The lowest BCUT2D eigenvalue weighted by molar-refractivity contribution is 0.597. The second kappa shape index (κ2) is 8.66. The van der Waals surface area contributed by atoms with Gasteiger partial charge >= 0.3 is 0 Å². The minimum atomic E-state index is -3.66. The molecule has 4 N–H and O–H groups in total. The third kappa shape index (κ3) is 5.03. The highest BCUT2D eigenvalue weighted by Gasteiger charge is 2.10. The zero-order valence-electron chi connectivity index (χ0n) is 16.8. The van der Waals surface area contributed by atoms with Gasteiger partial charge in [-0.3, -0.25) is 0 Å². The molecule has 4 aromatic rings. The summed E-state index contributed by atoms with van der Waals surface area (Å²) in [4.78, 5) is 8.15. The van der Waals surface area contributed by atoms with Crippen molar-refractivity contribution in [2.45, 2.75) is 12.3 Å². The lowest BCUT2D eigenvalue weighted by Gasteiger charge is -2.11. The number of nitrogens with zero attached hydrogens (tertiary/aromatic N) is 3. The van der Waals surface area contributed by atoms with E-state index in [1.54, 1.807) is 30.3 Å². The number of rotatable bonds is 7. The van der Waals surface area contributed by atoms with Crippen molar-refractivity contribution in [3.05, 3.63) is 72.3 Å². The maximum Gasteiger partial charge on any atom is 0.229 e. The molecule has 0 atom stereocenters. The highest BCUT2D eigenvalue weighted by molar-refractivity contribution is 7.88. The molecule has 32 heavy (non-hydrogen) atoms. The van der Waals surface area contributed by atoms with Gasteiger partial charge in [-0.15, -0.1) is 6.42 Å². The summed E-state index contributed by atoms with van der Waals surface area (Å²) in [5.74, 6) is 1.81. The number of hydrogen-bond acceptors (Lipinski definition) is 6. The fraction of sp³-hybridized carbons (Fsp3) is 0.0909. The summed E-state index contributed by atoms with van der Waals surface area (Å²) in [6, 6.07) is 14.1. The Morgan fingerprint density at radius 3 is 2.72 bits per heavy atom. The van der Waals surface area contributed by atoms with Gasteiger partial charge in [0.05, 0.1) is 18.5 Å². The number of sulfonamides is 1. The summed E-state index contributed by atoms with van der Waals surface area (Å²) >= 11 is 0. The van der Waals surface area contributed by atoms with E-state index in [1.165, 1.54) is 0 Å². The number of primary sulfonamides is 1. The highest BCUT2D eigenvalue weighted by atomic mass is 32.2. The van der Waals surface area contributed by atoms with Crippen LogP contribution in [0.15, 0.2) is 60.9 Å². The van der Waals surface area contributed by atoms with Gasteiger partial charge in [-0.05, 0) is 42.0 Å². The van der Waals surface area contributed by atoms with Crippen molar-refractivity contribution < 1.29 is 12.8 Å². The monoisotopic (exact) mass is 450 g/mol. The lowest BCUT2D eigenvalue weighted by Crippen LogP contribution is -2.14. The SMILES string of the molecule is C#CCn1ccc2cc(Nc3nc(Nc4cccc(CS(N)(=O)=O)c4)ncc3F)ccc21. The summed E-state index contributed by atoms with van der Waals surface area (Å²) in [5.41, 5.74) is 2.66. The molecular formula is C22H19FN6O2S. The van der Waals surface area contributed by atoms with Gasteiger partial charge in [-0.25, -0.2) is 22.9 Å². The van der Waals surface area contributed by atoms with Gasteiger partial charge < -0.3 is 15.2 Å². The van der Waals surface area contributed by atoms with Gasteiger partial charge in [-0.2, -0.15) is 4.98 Å². The van der Waals surface area contributed by atoms with Crippen LogP contribution in [0.25, 0.3) is 10.9 Å². The van der Waals surface area contributed by atoms with Crippen LogP contribution < -0.4 is 15.8 Å². The quantitative estimate of drug-likeness (QED) is 0.372. The van der Waals surface area contributed by atoms with Crippen molar-refractivity contribution in [3.63, 3.8) is 0 Å². The van der Waals surface area contributed by atoms with Crippen LogP contribution in [0, 0.1) is 18.2 Å². The molecule has 2 aromatic carbocycles. The topological polar surface area (TPSA) is 115 Å². The van der Waals surface area contributed by atoms with Gasteiger partial charge in [0.15, 0.2) is 11.6 Å². The molecule has 4 rings (SSSR count). The van der Waals surface area contributed by atoms with Gasteiger partial charge in [0.1, 0.15) is 0 Å². The van der Waals surface area contributed by atoms with E-state index in [9.17, 15) is 12.8 Å². The van der Waals surface area contributed by atoms with Crippen LogP contribution >= 0.6 is 0 Å². The molecule has 10 heteroatoms. The fourth-order valence-electron chi connectivity index (χ4n) is 3.27. The molecular weight excluding hydrogens is 431 g/mol. The number of aromatic nitrogens is 3. The minimum absolute atomic E-state index is 0.00871. The van der Waals surface area contributed by atoms with E-state index in [2.05, 4.69) is 26.5 Å². The average molecular weight is 450 g/mol. The van der Waals surface area contributed by atoms with Crippen LogP contribution in [0.4, 0.5) is 27.5 Å². The summed E-state index contributed by atoms with van der Waals surface area (Å²) in [5, 5.41) is 12.0.